The fourth-order valence-electron chi connectivity index (χ4n) is 1.04. The van der Waals surface area contributed by atoms with E-state index in [2.05, 4.69) is 15.5 Å². The first-order valence-corrected chi connectivity index (χ1v) is 3.52. The van der Waals surface area contributed by atoms with Crippen LogP contribution in [0.25, 0.3) is 0 Å². The molecular weight excluding hydrogens is 158 g/mol. The molecule has 1 aromatic rings. The number of aromatic nitrogens is 2. The number of amides is 1. The maximum Gasteiger partial charge on any atom is 0.262 e. The van der Waals surface area contributed by atoms with E-state index < -0.39 is 0 Å². The molecule has 1 N–H and O–H groups in total. The van der Waals surface area contributed by atoms with Gasteiger partial charge in [-0.3, -0.25) is 4.79 Å². The molecule has 1 aliphatic heterocycles. The van der Waals surface area contributed by atoms with E-state index in [4.69, 9.17) is 4.74 Å². The van der Waals surface area contributed by atoms with Crippen molar-refractivity contribution < 1.29 is 9.53 Å². The summed E-state index contributed by atoms with van der Waals surface area (Å²) in [6.45, 7) is 1.82. The summed E-state index contributed by atoms with van der Waals surface area (Å²) in [5.41, 5.74) is 1.29. The van der Waals surface area contributed by atoms with Gasteiger partial charge in [0.2, 0.25) is 0 Å². The summed E-state index contributed by atoms with van der Waals surface area (Å²) in [5.74, 6) is 0.431. The lowest BCUT2D eigenvalue weighted by Gasteiger charge is -2.17. The maximum absolute atomic E-state index is 10.9. The molecule has 0 aliphatic carbocycles. The van der Waals surface area contributed by atoms with E-state index in [-0.39, 0.29) is 12.5 Å². The number of nitrogens with one attached hydrogen (secondary N) is 1. The lowest BCUT2D eigenvalue weighted by molar-refractivity contribution is -0.118. The molecule has 0 saturated heterocycles. The van der Waals surface area contributed by atoms with Crippen molar-refractivity contribution in [1.29, 1.82) is 0 Å². The standard InChI is InChI=1S/C7H7N3O2/c1-4-7-5(2-8-10-4)12-3-6(11)9-7/h2H,3H2,1H3,(H,9,11). The molecule has 2 heterocycles. The van der Waals surface area contributed by atoms with Crippen molar-refractivity contribution in [2.45, 2.75) is 6.92 Å². The first kappa shape index (κ1) is 7.02. The number of fused-ring (bicyclic) bond motifs is 1. The summed E-state index contributed by atoms with van der Waals surface area (Å²) in [5, 5.41) is 10.1. The first-order chi connectivity index (χ1) is 5.77. The number of hydrogen-bond donors (Lipinski definition) is 1. The number of carbonyl (C=O) groups excluding carboxylic acids is 1. The summed E-state index contributed by atoms with van der Waals surface area (Å²) < 4.78 is 5.10. The number of hydrogen-bond acceptors (Lipinski definition) is 4. The molecular formula is C7H7N3O2. The van der Waals surface area contributed by atoms with Crippen molar-refractivity contribution in [3.05, 3.63) is 11.9 Å². The fourth-order valence-corrected chi connectivity index (χ4v) is 1.04. The van der Waals surface area contributed by atoms with Gasteiger partial charge in [-0.05, 0) is 6.92 Å². The third-order valence-corrected chi connectivity index (χ3v) is 1.61. The van der Waals surface area contributed by atoms with E-state index in [0.717, 1.165) is 0 Å². The van der Waals surface area contributed by atoms with Gasteiger partial charge in [-0.25, -0.2) is 0 Å². The average molecular weight is 165 g/mol. The number of aryl methyl sites for hydroxylation is 1. The predicted molar refractivity (Wildman–Crippen MR) is 40.9 cm³/mol. The highest BCUT2D eigenvalue weighted by molar-refractivity contribution is 5.95. The van der Waals surface area contributed by atoms with Gasteiger partial charge in [0, 0.05) is 0 Å². The van der Waals surface area contributed by atoms with Crippen LogP contribution < -0.4 is 10.1 Å². The van der Waals surface area contributed by atoms with Crippen molar-refractivity contribution in [2.75, 3.05) is 11.9 Å². The highest BCUT2D eigenvalue weighted by atomic mass is 16.5. The quantitative estimate of drug-likeness (QED) is 0.592. The van der Waals surface area contributed by atoms with Gasteiger partial charge in [0.05, 0.1) is 11.9 Å². The Morgan fingerprint density at radius 2 is 2.50 bits per heavy atom. The van der Waals surface area contributed by atoms with Crippen LogP contribution in [0.3, 0.4) is 0 Å². The van der Waals surface area contributed by atoms with Crippen molar-refractivity contribution in [1.82, 2.24) is 10.2 Å². The number of carbonyl (C=O) groups is 1. The van der Waals surface area contributed by atoms with Crippen LogP contribution in [0, 0.1) is 6.92 Å². The van der Waals surface area contributed by atoms with Gasteiger partial charge in [-0.2, -0.15) is 10.2 Å². The van der Waals surface area contributed by atoms with Gasteiger partial charge in [0.25, 0.3) is 5.91 Å². The van der Waals surface area contributed by atoms with Crippen LogP contribution in [-0.2, 0) is 4.79 Å². The molecule has 0 bridgehead atoms. The number of rotatable bonds is 0. The zero-order valence-electron chi connectivity index (χ0n) is 6.50. The third kappa shape index (κ3) is 0.990. The van der Waals surface area contributed by atoms with Crippen LogP contribution in [0.2, 0.25) is 0 Å². The molecule has 12 heavy (non-hydrogen) atoms. The van der Waals surface area contributed by atoms with E-state index in [1.165, 1.54) is 6.20 Å². The molecule has 1 aromatic heterocycles. The Bertz CT molecular complexity index is 337. The summed E-state index contributed by atoms with van der Waals surface area (Å²) in [6, 6.07) is 0. The Balaban J connectivity index is 2.50. The van der Waals surface area contributed by atoms with Crippen LogP contribution in [0.1, 0.15) is 5.69 Å². The molecule has 0 fully saturated rings. The second-order valence-corrected chi connectivity index (χ2v) is 2.51. The normalized spacial score (nSPS) is 14.6. The zero-order chi connectivity index (χ0) is 8.55. The maximum atomic E-state index is 10.9. The number of nitrogens with zero attached hydrogens (tertiary/aromatic N) is 2. The summed E-state index contributed by atoms with van der Waals surface area (Å²) in [6.07, 6.45) is 1.49. The van der Waals surface area contributed by atoms with Crippen LogP contribution >= 0.6 is 0 Å². The lowest BCUT2D eigenvalue weighted by Crippen LogP contribution is -2.26. The minimum Gasteiger partial charge on any atom is -0.480 e. The predicted octanol–water partition coefficient (Wildman–Crippen LogP) is 0.116. The third-order valence-electron chi connectivity index (χ3n) is 1.61. The van der Waals surface area contributed by atoms with Gasteiger partial charge >= 0.3 is 0 Å². The van der Waals surface area contributed by atoms with Gasteiger partial charge in [-0.15, -0.1) is 0 Å². The van der Waals surface area contributed by atoms with Crippen LogP contribution in [0.4, 0.5) is 5.69 Å². The highest BCUT2D eigenvalue weighted by Gasteiger charge is 2.18. The van der Waals surface area contributed by atoms with Crippen LogP contribution in [0.15, 0.2) is 6.20 Å². The Labute approximate surface area is 68.8 Å². The summed E-state index contributed by atoms with van der Waals surface area (Å²) in [4.78, 5) is 10.9. The van der Waals surface area contributed by atoms with E-state index in [0.29, 0.717) is 17.1 Å². The van der Waals surface area contributed by atoms with Crippen molar-refractivity contribution >= 4 is 11.6 Å². The van der Waals surface area contributed by atoms with E-state index >= 15 is 0 Å². The molecule has 62 valence electrons. The molecule has 5 nitrogen and oxygen atoms in total. The minimum absolute atomic E-state index is 0.0537. The summed E-state index contributed by atoms with van der Waals surface area (Å²) in [7, 11) is 0. The Hall–Kier alpha value is -1.65. The average Bonchev–Trinajstić information content (AvgIpc) is 2.07. The van der Waals surface area contributed by atoms with Crippen LogP contribution in [-0.4, -0.2) is 22.7 Å². The SMILES string of the molecule is Cc1nncc2c1NC(=O)CO2. The number of ether oxygens (including phenoxy) is 1. The number of anilines is 1. The lowest BCUT2D eigenvalue weighted by atomic mass is 10.3. The molecule has 0 atom stereocenters. The van der Waals surface area contributed by atoms with Crippen molar-refractivity contribution in [2.24, 2.45) is 0 Å². The van der Waals surface area contributed by atoms with Crippen molar-refractivity contribution in [3.63, 3.8) is 0 Å². The largest absolute Gasteiger partial charge is 0.480 e. The Morgan fingerprint density at radius 1 is 1.67 bits per heavy atom. The molecule has 1 amide bonds. The van der Waals surface area contributed by atoms with Crippen molar-refractivity contribution in [3.8, 4) is 5.75 Å². The first-order valence-electron chi connectivity index (χ1n) is 3.52. The monoisotopic (exact) mass is 165 g/mol. The molecule has 5 heteroatoms. The zero-order valence-corrected chi connectivity index (χ0v) is 6.50. The molecule has 0 unspecified atom stereocenters. The molecule has 2 rings (SSSR count). The smallest absolute Gasteiger partial charge is 0.262 e. The minimum atomic E-state index is -0.154. The Kier molecular flexibility index (Phi) is 1.43. The Morgan fingerprint density at radius 3 is 3.33 bits per heavy atom. The van der Waals surface area contributed by atoms with Gasteiger partial charge in [0.1, 0.15) is 5.69 Å². The molecule has 0 spiro atoms. The molecule has 0 saturated carbocycles. The highest BCUT2D eigenvalue weighted by Crippen LogP contribution is 2.27. The molecule has 1 aliphatic rings. The van der Waals surface area contributed by atoms with E-state index in [1.807, 2.05) is 0 Å². The van der Waals surface area contributed by atoms with Gasteiger partial charge in [-0.1, -0.05) is 0 Å². The topological polar surface area (TPSA) is 64.1 Å². The molecule has 0 aromatic carbocycles. The summed E-state index contributed by atoms with van der Waals surface area (Å²) >= 11 is 0. The second-order valence-electron chi connectivity index (χ2n) is 2.51. The molecule has 0 radical (unpaired) electrons. The van der Waals surface area contributed by atoms with Gasteiger partial charge < -0.3 is 10.1 Å². The van der Waals surface area contributed by atoms with Gasteiger partial charge in [0.15, 0.2) is 12.4 Å². The van der Waals surface area contributed by atoms with Crippen LogP contribution in [0.5, 0.6) is 5.75 Å². The van der Waals surface area contributed by atoms with E-state index in [1.54, 1.807) is 6.92 Å². The van der Waals surface area contributed by atoms with E-state index in [9.17, 15) is 4.79 Å². The second kappa shape index (κ2) is 2.44. The fraction of sp³-hybridized carbons (Fsp3) is 0.286.